The molecule has 0 bridgehead atoms. The Morgan fingerprint density at radius 1 is 1.03 bits per heavy atom. The molecular formula is C25H27ClN4O4S. The molecule has 0 atom stereocenters. The fourth-order valence-electron chi connectivity index (χ4n) is 4.51. The number of halogens is 1. The molecule has 184 valence electrons. The van der Waals surface area contributed by atoms with Gasteiger partial charge in [-0.1, -0.05) is 48.0 Å². The van der Waals surface area contributed by atoms with Crippen LogP contribution in [-0.2, 0) is 15.4 Å². The van der Waals surface area contributed by atoms with E-state index < -0.39 is 10.0 Å². The van der Waals surface area contributed by atoms with Gasteiger partial charge >= 0.3 is 5.56 Å². The number of nitrogens with zero attached hydrogens (tertiary/aromatic N) is 4. The second-order valence-electron chi connectivity index (χ2n) is 9.14. The summed E-state index contributed by atoms with van der Waals surface area (Å²) in [5.74, 6) is 0.218. The first-order valence-corrected chi connectivity index (χ1v) is 13.8. The lowest BCUT2D eigenvalue weighted by Gasteiger charge is -2.35. The molecule has 0 spiro atoms. The first-order chi connectivity index (χ1) is 16.8. The first-order valence-electron chi connectivity index (χ1n) is 11.5. The number of hydrogen-bond donors (Lipinski definition) is 0. The van der Waals surface area contributed by atoms with E-state index in [-0.39, 0.29) is 16.7 Å². The average molecular weight is 515 g/mol. The minimum absolute atomic E-state index is 0.107. The number of rotatable bonds is 7. The minimum Gasteiger partial charge on any atom is -0.485 e. The molecule has 0 amide bonds. The highest BCUT2D eigenvalue weighted by atomic mass is 35.5. The fraction of sp³-hybridized carbons (Fsp3) is 0.360. The number of ether oxygens (including phenoxy) is 1. The third kappa shape index (κ3) is 4.94. The van der Waals surface area contributed by atoms with Gasteiger partial charge in [-0.25, -0.2) is 8.42 Å². The van der Waals surface area contributed by atoms with Crippen molar-refractivity contribution >= 4 is 27.3 Å². The second kappa shape index (κ2) is 9.29. The first kappa shape index (κ1) is 23.8. The van der Waals surface area contributed by atoms with Gasteiger partial charge in [0.05, 0.1) is 24.7 Å². The Labute approximate surface area is 209 Å². The van der Waals surface area contributed by atoms with Crippen molar-refractivity contribution in [2.24, 2.45) is 0 Å². The van der Waals surface area contributed by atoms with Crippen molar-refractivity contribution < 1.29 is 13.2 Å². The van der Waals surface area contributed by atoms with Gasteiger partial charge in [-0.3, -0.25) is 4.79 Å². The van der Waals surface area contributed by atoms with E-state index in [0.29, 0.717) is 49.2 Å². The average Bonchev–Trinajstić information content (AvgIpc) is 3.64. The van der Waals surface area contributed by atoms with Crippen LogP contribution in [0.15, 0.2) is 65.6 Å². The molecule has 8 nitrogen and oxygen atoms in total. The molecule has 1 aromatic heterocycles. The molecule has 1 saturated carbocycles. The molecule has 2 fully saturated rings. The van der Waals surface area contributed by atoms with Gasteiger partial charge in [-0.2, -0.15) is 14.1 Å². The van der Waals surface area contributed by atoms with E-state index in [1.807, 2.05) is 23.1 Å². The van der Waals surface area contributed by atoms with Crippen LogP contribution in [0, 0.1) is 0 Å². The summed E-state index contributed by atoms with van der Waals surface area (Å²) >= 11 is 6.15. The zero-order chi connectivity index (χ0) is 24.6. The maximum Gasteiger partial charge on any atom is 0.316 e. The van der Waals surface area contributed by atoms with E-state index in [1.54, 1.807) is 30.5 Å². The van der Waals surface area contributed by atoms with E-state index in [0.717, 1.165) is 12.8 Å². The van der Waals surface area contributed by atoms with Gasteiger partial charge in [0.1, 0.15) is 5.69 Å². The Bertz CT molecular complexity index is 1380. The maximum atomic E-state index is 13.6. The van der Waals surface area contributed by atoms with E-state index in [9.17, 15) is 13.2 Å². The summed E-state index contributed by atoms with van der Waals surface area (Å²) < 4.78 is 32.9. The van der Waals surface area contributed by atoms with E-state index in [1.165, 1.54) is 20.8 Å². The summed E-state index contributed by atoms with van der Waals surface area (Å²) in [5.41, 5.74) is 1.84. The minimum atomic E-state index is -3.27. The summed E-state index contributed by atoms with van der Waals surface area (Å²) in [4.78, 5) is 15.6. The van der Waals surface area contributed by atoms with Crippen LogP contribution >= 0.6 is 11.6 Å². The topological polar surface area (TPSA) is 84.7 Å². The number of benzene rings is 2. The normalized spacial score (nSPS) is 17.8. The van der Waals surface area contributed by atoms with E-state index in [2.05, 4.69) is 17.2 Å². The molecule has 1 aliphatic heterocycles. The van der Waals surface area contributed by atoms with Crippen LogP contribution in [0.4, 0.5) is 5.69 Å². The second-order valence-corrected chi connectivity index (χ2v) is 11.6. The lowest BCUT2D eigenvalue weighted by Crippen LogP contribution is -2.48. The number of hydrogen-bond acceptors (Lipinski definition) is 6. The summed E-state index contributed by atoms with van der Waals surface area (Å²) in [6.45, 7) is 1.93. The number of sulfonamides is 1. The summed E-state index contributed by atoms with van der Waals surface area (Å²) in [5, 5.41) is 4.90. The maximum absolute atomic E-state index is 13.6. The quantitative estimate of drug-likeness (QED) is 0.482. The van der Waals surface area contributed by atoms with Gasteiger partial charge in [0, 0.05) is 36.6 Å². The van der Waals surface area contributed by atoms with Crippen LogP contribution < -0.4 is 15.2 Å². The van der Waals surface area contributed by atoms with Crippen molar-refractivity contribution in [3.05, 3.63) is 81.7 Å². The molecule has 2 aliphatic rings. The van der Waals surface area contributed by atoms with Crippen molar-refractivity contribution in [3.8, 4) is 11.4 Å². The van der Waals surface area contributed by atoms with Crippen LogP contribution in [0.5, 0.6) is 5.75 Å². The number of anilines is 1. The van der Waals surface area contributed by atoms with Crippen molar-refractivity contribution in [2.75, 3.05) is 43.9 Å². The predicted octanol–water partition coefficient (Wildman–Crippen LogP) is 3.08. The number of piperazine rings is 1. The van der Waals surface area contributed by atoms with E-state index >= 15 is 0 Å². The highest BCUT2D eigenvalue weighted by Crippen LogP contribution is 2.48. The molecular weight excluding hydrogens is 488 g/mol. The summed E-state index contributed by atoms with van der Waals surface area (Å²) in [6, 6.07) is 17.1. The van der Waals surface area contributed by atoms with Gasteiger partial charge in [0.2, 0.25) is 15.8 Å². The third-order valence-corrected chi connectivity index (χ3v) is 8.29. The van der Waals surface area contributed by atoms with E-state index in [4.69, 9.17) is 16.3 Å². The van der Waals surface area contributed by atoms with Crippen molar-refractivity contribution in [1.29, 1.82) is 0 Å². The zero-order valence-corrected chi connectivity index (χ0v) is 21.0. The Balaban J connectivity index is 1.48. The molecule has 0 N–H and O–H groups in total. The van der Waals surface area contributed by atoms with Crippen LogP contribution in [0.25, 0.3) is 5.69 Å². The molecule has 35 heavy (non-hydrogen) atoms. The third-order valence-electron chi connectivity index (χ3n) is 6.75. The molecule has 10 heteroatoms. The zero-order valence-electron chi connectivity index (χ0n) is 19.4. The van der Waals surface area contributed by atoms with Gasteiger partial charge in [-0.05, 0) is 36.6 Å². The van der Waals surface area contributed by atoms with Crippen LogP contribution in [0.1, 0.15) is 18.4 Å². The van der Waals surface area contributed by atoms with Crippen molar-refractivity contribution in [2.45, 2.75) is 18.3 Å². The molecule has 1 saturated heterocycles. The van der Waals surface area contributed by atoms with Crippen LogP contribution in [-0.4, -0.2) is 61.5 Å². The summed E-state index contributed by atoms with van der Waals surface area (Å²) in [7, 11) is -3.27. The molecule has 2 aromatic carbocycles. The molecule has 3 aromatic rings. The smallest absolute Gasteiger partial charge is 0.316 e. The van der Waals surface area contributed by atoms with Gasteiger partial charge in [0.15, 0.2) is 0 Å². The highest BCUT2D eigenvalue weighted by molar-refractivity contribution is 7.88. The Hall–Kier alpha value is -2.88. The molecule has 2 heterocycles. The SMILES string of the molecule is CS(=O)(=O)N1CCN(c2cnn(-c3cccc(Cl)c3)c(=O)c2OCC2(c3ccccc3)CC2)CC1. The monoisotopic (exact) mass is 514 g/mol. The molecule has 0 radical (unpaired) electrons. The standard InChI is InChI=1S/C25H27ClN4O4S/c1-35(32,33)29-14-12-28(13-15-29)22-17-27-30(21-9-5-8-20(26)16-21)24(31)23(22)34-18-25(10-11-25)19-6-3-2-4-7-19/h2-9,16-17H,10-15,18H2,1H3. The summed E-state index contributed by atoms with van der Waals surface area (Å²) in [6.07, 6.45) is 4.82. The lowest BCUT2D eigenvalue weighted by molar-refractivity contribution is 0.272. The Kier molecular flexibility index (Phi) is 6.33. The van der Waals surface area contributed by atoms with Crippen LogP contribution in [0.2, 0.25) is 5.02 Å². The molecule has 5 rings (SSSR count). The fourth-order valence-corrected chi connectivity index (χ4v) is 5.52. The largest absolute Gasteiger partial charge is 0.485 e. The highest BCUT2D eigenvalue weighted by Gasteiger charge is 2.45. The van der Waals surface area contributed by atoms with Crippen LogP contribution in [0.3, 0.4) is 0 Å². The predicted molar refractivity (Wildman–Crippen MR) is 136 cm³/mol. The Morgan fingerprint density at radius 2 is 1.74 bits per heavy atom. The van der Waals surface area contributed by atoms with Crippen molar-refractivity contribution in [1.82, 2.24) is 14.1 Å². The molecule has 0 unspecified atom stereocenters. The lowest BCUT2D eigenvalue weighted by atomic mass is 9.97. The van der Waals surface area contributed by atoms with Gasteiger partial charge < -0.3 is 9.64 Å². The Morgan fingerprint density at radius 3 is 2.37 bits per heavy atom. The molecule has 1 aliphatic carbocycles. The van der Waals surface area contributed by atoms with Gasteiger partial charge in [-0.15, -0.1) is 0 Å². The number of aromatic nitrogens is 2. The van der Waals surface area contributed by atoms with Gasteiger partial charge in [0.25, 0.3) is 0 Å². The van der Waals surface area contributed by atoms with Crippen molar-refractivity contribution in [3.63, 3.8) is 0 Å².